The summed E-state index contributed by atoms with van der Waals surface area (Å²) in [5, 5.41) is 59.6. The van der Waals surface area contributed by atoms with Crippen molar-refractivity contribution in [3.63, 3.8) is 0 Å². The lowest BCUT2D eigenvalue weighted by atomic mass is 9.99. The number of carbonyl (C=O) groups excluding carboxylic acids is 2. The van der Waals surface area contributed by atoms with E-state index in [4.69, 9.17) is 18.9 Å². The van der Waals surface area contributed by atoms with Crippen LogP contribution in [0.3, 0.4) is 0 Å². The number of esters is 2. The lowest BCUT2D eigenvalue weighted by Gasteiger charge is -2.39. The van der Waals surface area contributed by atoms with Crippen LogP contribution < -0.4 is 0 Å². The molecule has 0 amide bonds. The van der Waals surface area contributed by atoms with Crippen LogP contribution in [0.4, 0.5) is 0 Å². The number of cyclic esters (lactones) is 1. The second-order valence-electron chi connectivity index (χ2n) is 9.89. The van der Waals surface area contributed by atoms with E-state index >= 15 is 0 Å². The second-order valence-corrected chi connectivity index (χ2v) is 9.89. The summed E-state index contributed by atoms with van der Waals surface area (Å²) in [6.45, 7) is 0.953. The number of aliphatic hydroxyl groups is 6. The molecule has 0 aromatic rings. The maximum Gasteiger partial charge on any atom is 0.378 e. The smallest absolute Gasteiger partial charge is 0.378 e. The van der Waals surface area contributed by atoms with E-state index in [0.717, 1.165) is 19.3 Å². The van der Waals surface area contributed by atoms with Crippen LogP contribution in [0.5, 0.6) is 0 Å². The largest absolute Gasteiger partial charge is 0.505 e. The van der Waals surface area contributed by atoms with E-state index in [1.807, 2.05) is 0 Å². The molecule has 6 N–H and O–H groups in total. The zero-order valence-corrected chi connectivity index (χ0v) is 22.1. The molecule has 7 atom stereocenters. The predicted molar refractivity (Wildman–Crippen MR) is 132 cm³/mol. The number of hydrogen-bond donors (Lipinski definition) is 6. The Morgan fingerprint density at radius 1 is 0.921 bits per heavy atom. The van der Waals surface area contributed by atoms with E-state index < -0.39 is 79.6 Å². The monoisotopic (exact) mass is 548 g/mol. The maximum absolute atomic E-state index is 12.2. The Hall–Kier alpha value is -1.96. The van der Waals surface area contributed by atoms with Gasteiger partial charge in [0.05, 0.1) is 6.61 Å². The lowest BCUT2D eigenvalue weighted by Crippen LogP contribution is -2.59. The molecule has 12 nitrogen and oxygen atoms in total. The third-order valence-corrected chi connectivity index (χ3v) is 6.75. The number of ether oxygens (including phenoxy) is 4. The molecule has 0 spiro atoms. The minimum Gasteiger partial charge on any atom is -0.505 e. The van der Waals surface area contributed by atoms with Gasteiger partial charge in [0, 0.05) is 6.42 Å². The van der Waals surface area contributed by atoms with Gasteiger partial charge in [-0.25, -0.2) is 4.79 Å². The third-order valence-electron chi connectivity index (χ3n) is 6.75. The average Bonchev–Trinajstić information content (AvgIpc) is 3.18. The molecule has 2 aliphatic heterocycles. The van der Waals surface area contributed by atoms with Crippen LogP contribution in [-0.4, -0.2) is 98.7 Å². The van der Waals surface area contributed by atoms with Crippen LogP contribution in [-0.2, 0) is 28.5 Å². The lowest BCUT2D eigenvalue weighted by molar-refractivity contribution is -0.291. The Morgan fingerprint density at radius 3 is 2.08 bits per heavy atom. The summed E-state index contributed by atoms with van der Waals surface area (Å²) >= 11 is 0. The van der Waals surface area contributed by atoms with Gasteiger partial charge in [-0.1, -0.05) is 71.1 Å². The molecule has 1 fully saturated rings. The quantitative estimate of drug-likeness (QED) is 0.106. The summed E-state index contributed by atoms with van der Waals surface area (Å²) in [6.07, 6.45) is 1.38. The number of rotatable bonds is 18. The molecule has 0 radical (unpaired) electrons. The molecule has 0 saturated carbocycles. The number of aliphatic hydroxyl groups excluding tert-OH is 6. The SMILES string of the molecule is CCCCCCCCCCCCCC(=O)OCC(O)C1OC(=O)C(O[C@H]2O[C@H](CO)[C@@H](O)[C@H](O)[C@H]2O)=C1O. The van der Waals surface area contributed by atoms with Gasteiger partial charge < -0.3 is 49.6 Å². The standard InChI is InChI=1S/C26H44O12/c1-2-3-4-5-6-7-8-9-10-11-12-13-18(29)35-15-16(28)23-22(33)24(25(34)37-23)38-26-21(32)20(31)19(30)17(14-27)36-26/h16-17,19-21,23,26-28,30-33H,2-15H2,1H3/t16?,17-,19-,20+,21-,23?,26-/m1/s1. The predicted octanol–water partition coefficient (Wildman–Crippen LogP) is 1.10. The summed E-state index contributed by atoms with van der Waals surface area (Å²) in [6, 6.07) is 0. The molecule has 0 aromatic heterocycles. The van der Waals surface area contributed by atoms with Gasteiger partial charge in [-0.05, 0) is 6.42 Å². The zero-order chi connectivity index (χ0) is 28.1. The Labute approximate surface area is 223 Å². The van der Waals surface area contributed by atoms with Crippen LogP contribution in [0.2, 0.25) is 0 Å². The van der Waals surface area contributed by atoms with Crippen molar-refractivity contribution < 1.29 is 59.2 Å². The van der Waals surface area contributed by atoms with E-state index in [1.165, 1.54) is 44.9 Å². The third kappa shape index (κ3) is 9.65. The van der Waals surface area contributed by atoms with Gasteiger partial charge in [0.15, 0.2) is 11.9 Å². The van der Waals surface area contributed by atoms with Gasteiger partial charge in [-0.3, -0.25) is 4.79 Å². The summed E-state index contributed by atoms with van der Waals surface area (Å²) in [5.74, 6) is -3.31. The second kappa shape index (κ2) is 16.9. The van der Waals surface area contributed by atoms with Gasteiger partial charge >= 0.3 is 11.9 Å². The van der Waals surface area contributed by atoms with Crippen molar-refractivity contribution in [3.8, 4) is 0 Å². The minimum absolute atomic E-state index is 0.182. The molecule has 2 aliphatic rings. The first kappa shape index (κ1) is 32.3. The summed E-state index contributed by atoms with van der Waals surface area (Å²) < 4.78 is 20.2. The highest BCUT2D eigenvalue weighted by atomic mass is 16.7. The number of hydrogen-bond acceptors (Lipinski definition) is 12. The van der Waals surface area contributed by atoms with Crippen LogP contribution in [0.25, 0.3) is 0 Å². The van der Waals surface area contributed by atoms with E-state index in [0.29, 0.717) is 6.42 Å². The Bertz CT molecular complexity index is 755. The van der Waals surface area contributed by atoms with Crippen molar-refractivity contribution in [1.29, 1.82) is 0 Å². The highest BCUT2D eigenvalue weighted by Gasteiger charge is 2.48. The average molecular weight is 549 g/mol. The number of carbonyl (C=O) groups is 2. The molecule has 0 bridgehead atoms. The Kier molecular flexibility index (Phi) is 14.3. The highest BCUT2D eigenvalue weighted by Crippen LogP contribution is 2.29. The minimum atomic E-state index is -1.82. The van der Waals surface area contributed by atoms with Gasteiger partial charge in [-0.2, -0.15) is 0 Å². The van der Waals surface area contributed by atoms with Gasteiger partial charge in [0.25, 0.3) is 0 Å². The molecule has 2 unspecified atom stereocenters. The van der Waals surface area contributed by atoms with Crippen LogP contribution >= 0.6 is 0 Å². The van der Waals surface area contributed by atoms with E-state index in [-0.39, 0.29) is 6.42 Å². The van der Waals surface area contributed by atoms with Crippen molar-refractivity contribution in [2.24, 2.45) is 0 Å². The number of unbranched alkanes of at least 4 members (excludes halogenated alkanes) is 10. The summed E-state index contributed by atoms with van der Waals surface area (Å²) in [4.78, 5) is 24.2. The van der Waals surface area contributed by atoms with Crippen LogP contribution in [0.1, 0.15) is 84.0 Å². The molecule has 2 rings (SSSR count). The van der Waals surface area contributed by atoms with Crippen LogP contribution in [0, 0.1) is 0 Å². The van der Waals surface area contributed by atoms with Crippen molar-refractivity contribution in [1.82, 2.24) is 0 Å². The van der Waals surface area contributed by atoms with E-state index in [1.54, 1.807) is 0 Å². The van der Waals surface area contributed by atoms with Crippen molar-refractivity contribution in [2.45, 2.75) is 127 Å². The molecule has 0 aliphatic carbocycles. The topological polar surface area (TPSA) is 192 Å². The Morgan fingerprint density at radius 2 is 1.50 bits per heavy atom. The first-order chi connectivity index (χ1) is 18.2. The summed E-state index contributed by atoms with van der Waals surface area (Å²) in [5.41, 5.74) is 0. The van der Waals surface area contributed by atoms with Crippen molar-refractivity contribution >= 4 is 11.9 Å². The molecular formula is C26H44O12. The van der Waals surface area contributed by atoms with Gasteiger partial charge in [0.2, 0.25) is 12.0 Å². The van der Waals surface area contributed by atoms with Gasteiger partial charge in [0.1, 0.15) is 37.1 Å². The molecule has 12 heteroatoms. The van der Waals surface area contributed by atoms with E-state index in [2.05, 4.69) is 6.92 Å². The fourth-order valence-corrected chi connectivity index (χ4v) is 4.38. The van der Waals surface area contributed by atoms with Crippen molar-refractivity contribution in [2.75, 3.05) is 13.2 Å². The molecule has 220 valence electrons. The molecule has 2 heterocycles. The molecular weight excluding hydrogens is 504 g/mol. The fourth-order valence-electron chi connectivity index (χ4n) is 4.38. The maximum atomic E-state index is 12.2. The molecule has 38 heavy (non-hydrogen) atoms. The van der Waals surface area contributed by atoms with Crippen LogP contribution in [0.15, 0.2) is 11.5 Å². The first-order valence-electron chi connectivity index (χ1n) is 13.7. The molecule has 1 saturated heterocycles. The molecule has 0 aromatic carbocycles. The van der Waals surface area contributed by atoms with E-state index in [9.17, 15) is 40.2 Å². The zero-order valence-electron chi connectivity index (χ0n) is 22.1. The highest BCUT2D eigenvalue weighted by molar-refractivity contribution is 5.89. The fraction of sp³-hybridized carbons (Fsp3) is 0.846. The first-order valence-corrected chi connectivity index (χ1v) is 13.7. The normalized spacial score (nSPS) is 28.3. The summed E-state index contributed by atoms with van der Waals surface area (Å²) in [7, 11) is 0. The van der Waals surface area contributed by atoms with Gasteiger partial charge in [-0.15, -0.1) is 0 Å². The van der Waals surface area contributed by atoms with Crippen molar-refractivity contribution in [3.05, 3.63) is 11.5 Å². The Balaban J connectivity index is 1.68.